The second-order valence-electron chi connectivity index (χ2n) is 14.3. The van der Waals surface area contributed by atoms with Crippen molar-refractivity contribution in [2.45, 2.75) is 71.8 Å². The minimum absolute atomic E-state index is 0.0520. The molecule has 66 heavy (non-hydrogen) atoms. The van der Waals surface area contributed by atoms with Crippen LogP contribution in [0.2, 0.25) is 5.15 Å². The van der Waals surface area contributed by atoms with Crippen molar-refractivity contribution in [2.75, 3.05) is 31.3 Å². The van der Waals surface area contributed by atoms with Crippen LogP contribution in [-0.2, 0) is 51.8 Å². The van der Waals surface area contributed by atoms with E-state index in [2.05, 4.69) is 29.4 Å². The molecule has 6 rings (SSSR count). The molecule has 2 aromatic carbocycles. The number of carbonyl (C=O) groups excluding carboxylic acids is 2. The molecule has 4 heterocycles. The summed E-state index contributed by atoms with van der Waals surface area (Å²) >= 11 is 6.04. The summed E-state index contributed by atoms with van der Waals surface area (Å²) in [5.74, 6) is -5.01. The number of fused-ring (bicyclic) bond motifs is 1. The molecule has 0 aliphatic carbocycles. The highest BCUT2D eigenvalue weighted by atomic mass is 35.5. The molecule has 7 N–H and O–H groups in total. The lowest BCUT2D eigenvalue weighted by Crippen LogP contribution is -2.44. The molecule has 2 amide bonds. The van der Waals surface area contributed by atoms with Crippen molar-refractivity contribution in [2.24, 2.45) is 5.92 Å². The summed E-state index contributed by atoms with van der Waals surface area (Å²) < 4.78 is 79.5. The highest BCUT2D eigenvalue weighted by Crippen LogP contribution is 2.25. The minimum Gasteiger partial charge on any atom is -0.871 e. The molecule has 0 spiro atoms. The Balaban J connectivity index is 0.000000590. The number of hydrogen-bond donors (Lipinski definition) is 5. The summed E-state index contributed by atoms with van der Waals surface area (Å²) in [7, 11) is 0. The summed E-state index contributed by atoms with van der Waals surface area (Å²) in [5, 5.41) is 29.7. The number of rotatable bonds is 13. The molecule has 356 valence electrons. The van der Waals surface area contributed by atoms with Crippen LogP contribution in [0, 0.1) is 12.8 Å². The summed E-state index contributed by atoms with van der Waals surface area (Å²) in [6.45, 7) is 6.79. The van der Waals surface area contributed by atoms with E-state index in [0.717, 1.165) is 41.8 Å². The van der Waals surface area contributed by atoms with Crippen molar-refractivity contribution in [1.82, 2.24) is 29.7 Å². The molecule has 0 unspecified atom stereocenters. The van der Waals surface area contributed by atoms with E-state index in [9.17, 15) is 41.0 Å². The summed E-state index contributed by atoms with van der Waals surface area (Å²) in [6, 6.07) is 18.4. The molecule has 1 fully saturated rings. The lowest BCUT2D eigenvalue weighted by Gasteiger charge is -2.25. The number of aromatic nitrogens is 5. The molecule has 18 nitrogen and oxygen atoms in total. The number of imidazole rings is 1. The second-order valence-corrected chi connectivity index (χ2v) is 14.7. The topological polar surface area (TPSA) is 265 Å². The van der Waals surface area contributed by atoms with Crippen molar-refractivity contribution in [1.29, 1.82) is 0 Å². The second kappa shape index (κ2) is 22.8. The number of carboxylic acids is 2. The van der Waals surface area contributed by atoms with Gasteiger partial charge in [0.15, 0.2) is 40.1 Å². The molecule has 3 aromatic heterocycles. The molecule has 0 bridgehead atoms. The number of anilines is 2. The monoisotopic (exact) mass is 955 g/mol. The van der Waals surface area contributed by atoms with Crippen LogP contribution in [0.5, 0.6) is 11.5 Å². The molecule has 5 aromatic rings. The average molecular weight is 956 g/mol. The SMILES string of the molecule is CCn1c(CNC(=O)c2nc(Cl)c(N)nc2N)[n+](CC2CCOCC2)c2ccc(OCC(=O)N(Cc3ccccc3)Cc3nc(C)ccc3[O-])cc21.O=C(O)C(F)(F)F.O=C(O)C(F)(F)F. The largest absolute Gasteiger partial charge is 0.871 e. The van der Waals surface area contributed by atoms with E-state index in [0.29, 0.717) is 42.8 Å². The van der Waals surface area contributed by atoms with Gasteiger partial charge in [-0.3, -0.25) is 14.6 Å². The molecule has 0 saturated carbocycles. The fourth-order valence-corrected chi connectivity index (χ4v) is 6.54. The van der Waals surface area contributed by atoms with E-state index in [1.165, 1.54) is 6.07 Å². The number of nitrogens with two attached hydrogens (primary N) is 2. The third-order valence-electron chi connectivity index (χ3n) is 9.61. The summed E-state index contributed by atoms with van der Waals surface area (Å²) in [5.41, 5.74) is 15.3. The third-order valence-corrected chi connectivity index (χ3v) is 9.88. The van der Waals surface area contributed by atoms with E-state index in [4.69, 9.17) is 52.3 Å². The van der Waals surface area contributed by atoms with Crippen LogP contribution >= 0.6 is 11.6 Å². The first-order valence-electron chi connectivity index (χ1n) is 19.7. The lowest BCUT2D eigenvalue weighted by molar-refractivity contribution is -0.687. The predicted molar refractivity (Wildman–Crippen MR) is 220 cm³/mol. The fourth-order valence-electron chi connectivity index (χ4n) is 6.41. The van der Waals surface area contributed by atoms with E-state index in [-0.39, 0.29) is 60.4 Å². The molecule has 25 heteroatoms. The Morgan fingerprint density at radius 1 is 0.939 bits per heavy atom. The number of benzene rings is 2. The Hall–Kier alpha value is -6.95. The van der Waals surface area contributed by atoms with E-state index in [1.807, 2.05) is 62.4 Å². The number of nitrogens with one attached hydrogen (secondary N) is 1. The van der Waals surface area contributed by atoms with Crippen LogP contribution in [0.4, 0.5) is 38.0 Å². The van der Waals surface area contributed by atoms with Gasteiger partial charge in [-0.05, 0) is 50.5 Å². The molecular weight excluding hydrogens is 912 g/mol. The number of aliphatic carboxylic acids is 2. The minimum atomic E-state index is -5.08. The number of aryl methyl sites for hydroxylation is 2. The predicted octanol–water partition coefficient (Wildman–Crippen LogP) is 4.56. The van der Waals surface area contributed by atoms with E-state index >= 15 is 0 Å². The molecule has 1 saturated heterocycles. The van der Waals surface area contributed by atoms with Crippen molar-refractivity contribution in [3.8, 4) is 11.5 Å². The fraction of sp³-hybridized carbons (Fsp3) is 0.366. The zero-order valence-corrected chi connectivity index (χ0v) is 35.9. The van der Waals surface area contributed by atoms with Crippen LogP contribution in [0.1, 0.15) is 53.0 Å². The highest BCUT2D eigenvalue weighted by Gasteiger charge is 2.39. The molecule has 0 atom stereocenters. The zero-order chi connectivity index (χ0) is 48.9. The Morgan fingerprint density at radius 2 is 1.56 bits per heavy atom. The number of carbonyl (C=O) groups is 4. The Kier molecular flexibility index (Phi) is 17.8. The first-order valence-corrected chi connectivity index (χ1v) is 20.0. The Morgan fingerprint density at radius 3 is 2.15 bits per heavy atom. The van der Waals surface area contributed by atoms with E-state index in [1.54, 1.807) is 11.0 Å². The standard InChI is InChI=1S/C37H42ClN9O5.2C2HF3O2/c1-3-46-29-17-26(52-22-32(49)45(19-24-7-5-4-6-8-24)21-27-30(48)12-9-23(2)42-27)10-11-28(29)47(20-25-13-15-51-16-14-25)31(46)18-41-37(50)33-35(39)44-36(40)34(38)43-33;2*3-2(4,5)1(6)7/h4-12,17,25H,3,13-16,18-22H2,1-2H3,(H5-,39,40,41,44,48,50);2*(H,6,7). The van der Waals surface area contributed by atoms with Gasteiger partial charge in [0.1, 0.15) is 12.3 Å². The average Bonchev–Trinajstić information content (AvgIpc) is 3.55. The van der Waals surface area contributed by atoms with Gasteiger partial charge in [-0.25, -0.2) is 28.7 Å². The summed E-state index contributed by atoms with van der Waals surface area (Å²) in [6.07, 6.45) is -8.33. The summed E-state index contributed by atoms with van der Waals surface area (Å²) in [4.78, 5) is 58.7. The molecule has 1 aliphatic heterocycles. The maximum absolute atomic E-state index is 13.7. The lowest BCUT2D eigenvalue weighted by atomic mass is 10.0. The molecule has 1 aliphatic rings. The number of alkyl halides is 6. The number of hydrogen-bond acceptors (Lipinski definition) is 12. The van der Waals surface area contributed by atoms with Gasteiger partial charge in [-0.2, -0.15) is 26.3 Å². The number of carboxylic acid groups (broad SMARTS) is 2. The first kappa shape index (κ1) is 51.7. The van der Waals surface area contributed by atoms with Crippen LogP contribution in [-0.4, -0.2) is 90.6 Å². The smallest absolute Gasteiger partial charge is 0.490 e. The third kappa shape index (κ3) is 14.5. The van der Waals surface area contributed by atoms with Gasteiger partial charge in [0, 0.05) is 37.4 Å². The quantitative estimate of drug-likeness (QED) is 0.0800. The number of amides is 2. The van der Waals surface area contributed by atoms with Crippen LogP contribution in [0.15, 0.2) is 60.7 Å². The van der Waals surface area contributed by atoms with Gasteiger partial charge in [0.2, 0.25) is 0 Å². The van der Waals surface area contributed by atoms with Crippen molar-refractivity contribution >= 4 is 58.0 Å². The zero-order valence-electron chi connectivity index (χ0n) is 35.2. The normalized spacial score (nSPS) is 12.9. The maximum Gasteiger partial charge on any atom is 0.490 e. The van der Waals surface area contributed by atoms with Crippen LogP contribution in [0.3, 0.4) is 0 Å². The van der Waals surface area contributed by atoms with Crippen LogP contribution in [0.25, 0.3) is 11.0 Å². The van der Waals surface area contributed by atoms with Gasteiger partial charge in [-0.15, -0.1) is 0 Å². The number of nitrogen functional groups attached to an aromatic ring is 2. The number of nitrogens with zero attached hydrogens (tertiary/aromatic N) is 6. The van der Waals surface area contributed by atoms with Gasteiger partial charge in [-0.1, -0.05) is 53.7 Å². The molecular formula is C41H44ClF6N9O9. The van der Waals surface area contributed by atoms with Gasteiger partial charge in [0.05, 0.1) is 25.3 Å². The van der Waals surface area contributed by atoms with Crippen molar-refractivity contribution < 1.29 is 74.9 Å². The number of pyridine rings is 1. The van der Waals surface area contributed by atoms with Gasteiger partial charge in [0.25, 0.3) is 17.6 Å². The van der Waals surface area contributed by atoms with Gasteiger partial charge >= 0.3 is 24.3 Å². The maximum atomic E-state index is 13.7. The highest BCUT2D eigenvalue weighted by molar-refractivity contribution is 6.31. The van der Waals surface area contributed by atoms with Crippen molar-refractivity contribution in [3.05, 3.63) is 94.3 Å². The van der Waals surface area contributed by atoms with Gasteiger partial charge < -0.3 is 46.5 Å². The Bertz CT molecular complexity index is 2480. The number of halogens is 7. The molecule has 0 radical (unpaired) electrons. The first-order chi connectivity index (χ1) is 31.0. The van der Waals surface area contributed by atoms with Crippen molar-refractivity contribution in [3.63, 3.8) is 0 Å². The Labute approximate surface area is 376 Å². The van der Waals surface area contributed by atoms with Crippen LogP contribution < -0.4 is 31.2 Å². The number of ether oxygens (including phenoxy) is 2. The van der Waals surface area contributed by atoms with E-state index < -0.39 is 30.2 Å².